The Balaban J connectivity index is 1.62. The van der Waals surface area contributed by atoms with E-state index in [4.69, 9.17) is 9.47 Å². The molecule has 1 saturated carbocycles. The van der Waals surface area contributed by atoms with Crippen LogP contribution in [0.5, 0.6) is 11.5 Å². The molecule has 9 nitrogen and oxygen atoms in total. The molecule has 0 radical (unpaired) electrons. The lowest BCUT2D eigenvalue weighted by molar-refractivity contribution is -0.134. The second-order valence-corrected chi connectivity index (χ2v) is 12.3. The second-order valence-electron chi connectivity index (χ2n) is 10.7. The van der Waals surface area contributed by atoms with Crippen molar-refractivity contribution in [2.45, 2.75) is 50.2 Å². The maximum Gasteiger partial charge on any atom is 0.261 e. The lowest BCUT2D eigenvalue weighted by Crippen LogP contribution is -2.47. The largest absolute Gasteiger partial charge is 0.497 e. The zero-order valence-electron chi connectivity index (χ0n) is 22.6. The molecule has 0 spiro atoms. The molecule has 2 aromatic carbocycles. The number of amides is 1. The van der Waals surface area contributed by atoms with Crippen LogP contribution >= 0.6 is 0 Å². The summed E-state index contributed by atoms with van der Waals surface area (Å²) in [4.78, 5) is 17.5. The minimum absolute atomic E-state index is 0.0220. The Labute approximate surface area is 225 Å². The third-order valence-electron chi connectivity index (χ3n) is 7.30. The molecule has 1 fully saturated rings. The third-order valence-corrected chi connectivity index (χ3v) is 8.69. The van der Waals surface area contributed by atoms with Crippen molar-refractivity contribution >= 4 is 21.6 Å². The molecule has 10 heteroatoms. The Morgan fingerprint density at radius 1 is 1.18 bits per heavy atom. The van der Waals surface area contributed by atoms with Gasteiger partial charge in [0, 0.05) is 36.8 Å². The Kier molecular flexibility index (Phi) is 8.85. The van der Waals surface area contributed by atoms with Crippen molar-refractivity contribution in [2.75, 3.05) is 45.1 Å². The van der Waals surface area contributed by atoms with Crippen LogP contribution in [0.1, 0.15) is 32.3 Å². The van der Waals surface area contributed by atoms with Gasteiger partial charge in [0.15, 0.2) is 0 Å². The van der Waals surface area contributed by atoms with Crippen molar-refractivity contribution in [3.05, 3.63) is 48.0 Å². The van der Waals surface area contributed by atoms with Gasteiger partial charge in [0.1, 0.15) is 17.6 Å². The number of methoxy groups -OCH3 is 1. The summed E-state index contributed by atoms with van der Waals surface area (Å²) in [7, 11) is -0.239. The monoisotopic (exact) mass is 545 g/mol. The van der Waals surface area contributed by atoms with Crippen LogP contribution in [0.25, 0.3) is 0 Å². The third kappa shape index (κ3) is 6.98. The second kappa shape index (κ2) is 11.9. The molecule has 1 amide bonds. The van der Waals surface area contributed by atoms with Crippen LogP contribution in [0.3, 0.4) is 0 Å². The molecule has 2 aromatic rings. The predicted molar refractivity (Wildman–Crippen MR) is 146 cm³/mol. The van der Waals surface area contributed by atoms with Gasteiger partial charge in [0.05, 0.1) is 31.1 Å². The summed E-state index contributed by atoms with van der Waals surface area (Å²) in [6.45, 7) is 5.95. The van der Waals surface area contributed by atoms with Gasteiger partial charge in [-0.05, 0) is 75.2 Å². The lowest BCUT2D eigenvalue weighted by Gasteiger charge is -2.34. The molecule has 2 N–H and O–H groups in total. The zero-order valence-corrected chi connectivity index (χ0v) is 23.4. The van der Waals surface area contributed by atoms with Crippen molar-refractivity contribution in [3.63, 3.8) is 0 Å². The van der Waals surface area contributed by atoms with E-state index in [0.717, 1.165) is 12.5 Å². The summed E-state index contributed by atoms with van der Waals surface area (Å²) >= 11 is 0. The fourth-order valence-electron chi connectivity index (χ4n) is 4.80. The highest BCUT2D eigenvalue weighted by Crippen LogP contribution is 2.32. The van der Waals surface area contributed by atoms with E-state index in [1.165, 1.54) is 32.1 Å². The predicted octanol–water partition coefficient (Wildman–Crippen LogP) is 2.99. The van der Waals surface area contributed by atoms with Crippen LogP contribution in [-0.4, -0.2) is 81.8 Å². The molecule has 1 heterocycles. The van der Waals surface area contributed by atoms with Crippen molar-refractivity contribution in [2.24, 2.45) is 11.8 Å². The van der Waals surface area contributed by atoms with E-state index in [0.29, 0.717) is 35.8 Å². The quantitative estimate of drug-likeness (QED) is 0.473. The summed E-state index contributed by atoms with van der Waals surface area (Å²) in [6, 6.07) is 10.8. The Hall–Kier alpha value is -2.82. The number of likely N-dealkylation sites (N-methyl/N-ethyl adjacent to an activating group) is 1. The smallest absolute Gasteiger partial charge is 0.261 e. The molecular weight excluding hydrogens is 506 g/mol. The highest BCUT2D eigenvalue weighted by atomic mass is 32.2. The Morgan fingerprint density at radius 3 is 2.53 bits per heavy atom. The lowest BCUT2D eigenvalue weighted by atomic mass is 10.0. The topological polar surface area (TPSA) is 108 Å². The van der Waals surface area contributed by atoms with Gasteiger partial charge < -0.3 is 24.4 Å². The average Bonchev–Trinajstić information content (AvgIpc) is 3.70. The number of rotatable bonds is 10. The molecule has 0 bridgehead atoms. The molecule has 3 atom stereocenters. The van der Waals surface area contributed by atoms with Gasteiger partial charge in [-0.1, -0.05) is 6.92 Å². The van der Waals surface area contributed by atoms with E-state index >= 15 is 0 Å². The van der Waals surface area contributed by atoms with Crippen LogP contribution in [-0.2, 0) is 21.2 Å². The normalized spacial score (nSPS) is 21.1. The van der Waals surface area contributed by atoms with E-state index in [1.54, 1.807) is 35.2 Å². The Bertz CT molecular complexity index is 1220. The molecule has 208 valence electrons. The van der Waals surface area contributed by atoms with Crippen molar-refractivity contribution in [1.82, 2.24) is 9.80 Å². The number of sulfonamides is 1. The zero-order chi connectivity index (χ0) is 27.4. The number of anilines is 1. The van der Waals surface area contributed by atoms with Crippen LogP contribution in [0.2, 0.25) is 0 Å². The van der Waals surface area contributed by atoms with Crippen LogP contribution in [0.4, 0.5) is 5.69 Å². The average molecular weight is 546 g/mol. The van der Waals surface area contributed by atoms with Gasteiger partial charge in [0.2, 0.25) is 5.91 Å². The number of ether oxygens (including phenoxy) is 2. The minimum Gasteiger partial charge on any atom is -0.497 e. The summed E-state index contributed by atoms with van der Waals surface area (Å²) in [5.74, 6) is 1.76. The van der Waals surface area contributed by atoms with Gasteiger partial charge in [-0.3, -0.25) is 9.52 Å². The van der Waals surface area contributed by atoms with E-state index in [-0.39, 0.29) is 41.9 Å². The number of benzene rings is 2. The van der Waals surface area contributed by atoms with E-state index in [2.05, 4.69) is 23.6 Å². The summed E-state index contributed by atoms with van der Waals surface area (Å²) in [6.07, 6.45) is 2.38. The number of hydrogen-bond acceptors (Lipinski definition) is 7. The fourth-order valence-corrected chi connectivity index (χ4v) is 5.85. The molecule has 0 saturated heterocycles. The highest BCUT2D eigenvalue weighted by molar-refractivity contribution is 7.92. The number of nitrogens with one attached hydrogen (secondary N) is 1. The molecule has 38 heavy (non-hydrogen) atoms. The summed E-state index contributed by atoms with van der Waals surface area (Å²) < 4.78 is 40.3. The standard InChI is InChI=1S/C28H39N3O6S/c1-19-15-31(20(2)18-32)28(33)14-22-13-23(29-38(34,35)25-10-8-24(36-4)9-11-25)7-12-26(22)37-27(19)17-30(3)16-21-5-6-21/h7-13,19-21,27,29,32H,5-6,14-18H2,1-4H3/t19-,20-,27-/m1/s1. The number of aliphatic hydroxyl groups is 1. The van der Waals surface area contributed by atoms with Crippen LogP contribution in [0, 0.1) is 11.8 Å². The first kappa shape index (κ1) is 28.2. The van der Waals surface area contributed by atoms with Gasteiger partial charge in [-0.15, -0.1) is 0 Å². The van der Waals surface area contributed by atoms with Crippen molar-refractivity contribution in [1.29, 1.82) is 0 Å². The van der Waals surface area contributed by atoms with Gasteiger partial charge in [-0.25, -0.2) is 8.42 Å². The van der Waals surface area contributed by atoms with Gasteiger partial charge >= 0.3 is 0 Å². The molecule has 4 rings (SSSR count). The SMILES string of the molecule is COc1ccc(S(=O)(=O)Nc2ccc3c(c2)CC(=O)N([C@H](C)CO)C[C@@H](C)[C@@H](CN(C)CC2CC2)O3)cc1. The first-order chi connectivity index (χ1) is 18.1. The van der Waals surface area contributed by atoms with E-state index in [1.807, 2.05) is 6.92 Å². The Morgan fingerprint density at radius 2 is 1.89 bits per heavy atom. The fraction of sp³-hybridized carbons (Fsp3) is 0.536. The van der Waals surface area contributed by atoms with E-state index < -0.39 is 10.0 Å². The maximum atomic E-state index is 13.4. The molecular formula is C28H39N3O6S. The number of carbonyl (C=O) groups excluding carboxylic acids is 1. The first-order valence-electron chi connectivity index (χ1n) is 13.1. The molecule has 2 aliphatic rings. The maximum absolute atomic E-state index is 13.4. The number of carbonyl (C=O) groups is 1. The van der Waals surface area contributed by atoms with Crippen LogP contribution < -0.4 is 14.2 Å². The molecule has 0 aromatic heterocycles. The molecule has 1 aliphatic carbocycles. The van der Waals surface area contributed by atoms with E-state index in [9.17, 15) is 18.3 Å². The van der Waals surface area contributed by atoms with Crippen molar-refractivity contribution in [3.8, 4) is 11.5 Å². The number of hydrogen-bond donors (Lipinski definition) is 2. The molecule has 0 unspecified atom stereocenters. The first-order valence-corrected chi connectivity index (χ1v) is 14.6. The van der Waals surface area contributed by atoms with Gasteiger partial charge in [-0.2, -0.15) is 0 Å². The number of aliphatic hydroxyl groups excluding tert-OH is 1. The number of nitrogens with zero attached hydrogens (tertiary/aromatic N) is 2. The summed E-state index contributed by atoms with van der Waals surface area (Å²) in [5.41, 5.74) is 0.941. The number of fused-ring (bicyclic) bond motifs is 1. The minimum atomic E-state index is -3.85. The highest BCUT2D eigenvalue weighted by Gasteiger charge is 2.32. The summed E-state index contributed by atoms with van der Waals surface area (Å²) in [5, 5.41) is 9.83. The van der Waals surface area contributed by atoms with Gasteiger partial charge in [0.25, 0.3) is 10.0 Å². The van der Waals surface area contributed by atoms with Crippen LogP contribution in [0.15, 0.2) is 47.4 Å². The molecule has 1 aliphatic heterocycles. The van der Waals surface area contributed by atoms with Crippen molar-refractivity contribution < 1.29 is 27.8 Å².